The number of thioether (sulfide) groups is 1. The van der Waals surface area contributed by atoms with E-state index in [1.54, 1.807) is 24.1 Å². The number of carbonyl (C=O) groups is 1. The van der Waals surface area contributed by atoms with Gasteiger partial charge < -0.3 is 4.74 Å². The second-order valence-electron chi connectivity index (χ2n) is 4.48. The zero-order chi connectivity index (χ0) is 15.3. The Balaban J connectivity index is 2.98. The van der Waals surface area contributed by atoms with Crippen molar-refractivity contribution in [3.05, 3.63) is 15.8 Å². The molecule has 1 rings (SSSR count). The van der Waals surface area contributed by atoms with Crippen LogP contribution in [-0.4, -0.2) is 40.1 Å². The van der Waals surface area contributed by atoms with Crippen molar-refractivity contribution in [2.75, 3.05) is 25.7 Å². The molecular weight excluding hydrogens is 318 g/mol. The molecule has 1 aromatic rings. The number of hydrogen-bond acceptors (Lipinski definition) is 6. The summed E-state index contributed by atoms with van der Waals surface area (Å²) in [6.07, 6.45) is 1.98. The van der Waals surface area contributed by atoms with Crippen LogP contribution in [0.4, 0.5) is 0 Å². The highest BCUT2D eigenvalue weighted by molar-refractivity contribution is 7.98. The van der Waals surface area contributed by atoms with E-state index < -0.39 is 16.0 Å². The van der Waals surface area contributed by atoms with Gasteiger partial charge in [0.05, 0.1) is 7.11 Å². The van der Waals surface area contributed by atoms with Crippen molar-refractivity contribution in [2.45, 2.75) is 18.7 Å². The molecule has 0 aromatic carbocycles. The van der Waals surface area contributed by atoms with Crippen LogP contribution in [-0.2, 0) is 14.8 Å². The molecule has 114 valence electrons. The summed E-state index contributed by atoms with van der Waals surface area (Å²) in [5, 5.41) is 1.64. The van der Waals surface area contributed by atoms with Crippen molar-refractivity contribution >= 4 is 39.1 Å². The first-order valence-corrected chi connectivity index (χ1v) is 9.74. The zero-order valence-electron chi connectivity index (χ0n) is 11.9. The Morgan fingerprint density at radius 2 is 2.20 bits per heavy atom. The van der Waals surface area contributed by atoms with Crippen molar-refractivity contribution < 1.29 is 17.9 Å². The summed E-state index contributed by atoms with van der Waals surface area (Å²) < 4.78 is 31.9. The molecule has 0 aliphatic carbocycles. The van der Waals surface area contributed by atoms with E-state index in [-0.39, 0.29) is 15.7 Å². The van der Waals surface area contributed by atoms with E-state index in [4.69, 9.17) is 0 Å². The smallest absolute Gasteiger partial charge is 0.349 e. The molecule has 0 spiro atoms. The molecule has 1 atom stereocenters. The van der Waals surface area contributed by atoms with Crippen LogP contribution >= 0.6 is 23.1 Å². The molecule has 8 heteroatoms. The number of methoxy groups -OCH3 is 1. The van der Waals surface area contributed by atoms with Gasteiger partial charge in [0.1, 0.15) is 9.77 Å². The Morgan fingerprint density at radius 3 is 2.75 bits per heavy atom. The van der Waals surface area contributed by atoms with E-state index >= 15 is 0 Å². The third-order valence-corrected chi connectivity index (χ3v) is 6.35. The molecule has 0 bridgehead atoms. The molecular formula is C12H19NO4S3. The first-order chi connectivity index (χ1) is 9.33. The van der Waals surface area contributed by atoms with Gasteiger partial charge in [0.25, 0.3) is 0 Å². The van der Waals surface area contributed by atoms with Crippen LogP contribution < -0.4 is 4.72 Å². The maximum atomic E-state index is 12.3. The van der Waals surface area contributed by atoms with Gasteiger partial charge in [-0.25, -0.2) is 17.9 Å². The lowest BCUT2D eigenvalue weighted by Gasteiger charge is -2.12. The second-order valence-corrected chi connectivity index (χ2v) is 7.98. The van der Waals surface area contributed by atoms with Crippen molar-refractivity contribution in [2.24, 2.45) is 5.92 Å². The predicted octanol–water partition coefficient (Wildman–Crippen LogP) is 2.12. The molecule has 0 amide bonds. The molecule has 1 unspecified atom stereocenters. The number of sulfonamides is 1. The molecule has 5 nitrogen and oxygen atoms in total. The van der Waals surface area contributed by atoms with Crippen LogP contribution in [0, 0.1) is 12.8 Å². The Morgan fingerprint density at radius 1 is 1.55 bits per heavy atom. The summed E-state index contributed by atoms with van der Waals surface area (Å²) in [6.45, 7) is 3.99. The topological polar surface area (TPSA) is 72.5 Å². The van der Waals surface area contributed by atoms with Crippen molar-refractivity contribution in [1.29, 1.82) is 0 Å². The van der Waals surface area contributed by atoms with Crippen LogP contribution in [0.2, 0.25) is 0 Å². The monoisotopic (exact) mass is 337 g/mol. The number of thiophene rings is 1. The SMILES string of the molecule is COC(=O)c1scc(C)c1S(=O)(=O)NCC(C)CSC. The number of hydrogen-bond donors (Lipinski definition) is 1. The highest BCUT2D eigenvalue weighted by Gasteiger charge is 2.27. The fourth-order valence-electron chi connectivity index (χ4n) is 1.67. The maximum Gasteiger partial charge on any atom is 0.349 e. The summed E-state index contributed by atoms with van der Waals surface area (Å²) >= 11 is 2.75. The van der Waals surface area contributed by atoms with Gasteiger partial charge in [0, 0.05) is 6.54 Å². The minimum absolute atomic E-state index is 0.0331. The quantitative estimate of drug-likeness (QED) is 0.772. The van der Waals surface area contributed by atoms with Gasteiger partial charge in [-0.3, -0.25) is 0 Å². The highest BCUT2D eigenvalue weighted by Crippen LogP contribution is 2.27. The Hall–Kier alpha value is -0.570. The summed E-state index contributed by atoms with van der Waals surface area (Å²) in [5.41, 5.74) is 0.556. The van der Waals surface area contributed by atoms with Gasteiger partial charge in [-0.05, 0) is 35.8 Å². The number of aryl methyl sites for hydroxylation is 1. The number of rotatable bonds is 7. The second kappa shape index (κ2) is 7.44. The molecule has 0 radical (unpaired) electrons. The van der Waals surface area contributed by atoms with E-state index in [9.17, 15) is 13.2 Å². The third kappa shape index (κ3) is 4.21. The van der Waals surface area contributed by atoms with Crippen LogP contribution in [0.1, 0.15) is 22.2 Å². The fourth-order valence-corrected chi connectivity index (χ4v) is 5.22. The summed E-state index contributed by atoms with van der Waals surface area (Å²) in [6, 6.07) is 0. The summed E-state index contributed by atoms with van der Waals surface area (Å²) in [4.78, 5) is 11.8. The lowest BCUT2D eigenvalue weighted by molar-refractivity contribution is 0.0602. The van der Waals surface area contributed by atoms with Gasteiger partial charge in [-0.1, -0.05) is 6.92 Å². The van der Waals surface area contributed by atoms with Gasteiger partial charge in [0.15, 0.2) is 0 Å². The molecule has 20 heavy (non-hydrogen) atoms. The molecule has 0 fully saturated rings. The van der Waals surface area contributed by atoms with Gasteiger partial charge in [-0.15, -0.1) is 11.3 Å². The van der Waals surface area contributed by atoms with Gasteiger partial charge >= 0.3 is 5.97 Å². The Labute approximate surface area is 128 Å². The first-order valence-electron chi connectivity index (χ1n) is 5.98. The van der Waals surface area contributed by atoms with E-state index in [2.05, 4.69) is 9.46 Å². The molecule has 0 saturated carbocycles. The lowest BCUT2D eigenvalue weighted by atomic mass is 10.2. The largest absolute Gasteiger partial charge is 0.465 e. The number of esters is 1. The average molecular weight is 337 g/mol. The average Bonchev–Trinajstić information content (AvgIpc) is 2.79. The fraction of sp³-hybridized carbons (Fsp3) is 0.583. The van der Waals surface area contributed by atoms with Crippen molar-refractivity contribution in [3.8, 4) is 0 Å². The van der Waals surface area contributed by atoms with E-state index in [0.29, 0.717) is 12.1 Å². The Bertz CT molecular complexity index is 565. The van der Waals surface area contributed by atoms with Crippen LogP contribution in [0.15, 0.2) is 10.3 Å². The predicted molar refractivity (Wildman–Crippen MR) is 83.1 cm³/mol. The number of ether oxygens (including phenoxy) is 1. The minimum atomic E-state index is -3.70. The van der Waals surface area contributed by atoms with E-state index in [1.807, 2.05) is 13.2 Å². The number of carbonyl (C=O) groups excluding carboxylic acids is 1. The Kier molecular flexibility index (Phi) is 6.50. The maximum absolute atomic E-state index is 12.3. The first kappa shape index (κ1) is 17.5. The third-order valence-electron chi connectivity index (χ3n) is 2.63. The van der Waals surface area contributed by atoms with Crippen molar-refractivity contribution in [3.63, 3.8) is 0 Å². The highest BCUT2D eigenvalue weighted by atomic mass is 32.2. The molecule has 0 aliphatic rings. The molecule has 1 N–H and O–H groups in total. The van der Waals surface area contributed by atoms with Crippen LogP contribution in [0.25, 0.3) is 0 Å². The molecule has 1 heterocycles. The number of nitrogens with one attached hydrogen (secondary N) is 1. The van der Waals surface area contributed by atoms with Crippen LogP contribution in [0.3, 0.4) is 0 Å². The minimum Gasteiger partial charge on any atom is -0.465 e. The summed E-state index contributed by atoms with van der Waals surface area (Å²) in [5.74, 6) is 0.468. The van der Waals surface area contributed by atoms with Gasteiger partial charge in [-0.2, -0.15) is 11.8 Å². The molecule has 0 saturated heterocycles. The lowest BCUT2D eigenvalue weighted by Crippen LogP contribution is -2.30. The van der Waals surface area contributed by atoms with Gasteiger partial charge in [0.2, 0.25) is 10.0 Å². The summed E-state index contributed by atoms with van der Waals surface area (Å²) in [7, 11) is -2.46. The molecule has 0 aliphatic heterocycles. The van der Waals surface area contributed by atoms with E-state index in [1.165, 1.54) is 7.11 Å². The zero-order valence-corrected chi connectivity index (χ0v) is 14.4. The van der Waals surface area contributed by atoms with E-state index in [0.717, 1.165) is 17.1 Å². The molecule has 1 aromatic heterocycles. The van der Waals surface area contributed by atoms with Crippen molar-refractivity contribution in [1.82, 2.24) is 4.72 Å². The normalized spacial score (nSPS) is 13.2. The van der Waals surface area contributed by atoms with Crippen LogP contribution in [0.5, 0.6) is 0 Å². The standard InChI is InChI=1S/C12H19NO4S3/c1-8(6-18-4)5-13-20(15,16)11-9(2)7-19-10(11)12(14)17-3/h7-8,13H,5-6H2,1-4H3.